The van der Waals surface area contributed by atoms with Crippen LogP contribution in [0.5, 0.6) is 0 Å². The number of allylic oxidation sites excluding steroid dienone is 2. The van der Waals surface area contributed by atoms with Crippen LogP contribution in [0, 0.1) is 0 Å². The predicted molar refractivity (Wildman–Crippen MR) is 32.4 cm³/mol. The van der Waals surface area contributed by atoms with Crippen LogP contribution < -0.4 is 5.73 Å². The van der Waals surface area contributed by atoms with Crippen molar-refractivity contribution in [1.82, 2.24) is 0 Å². The summed E-state index contributed by atoms with van der Waals surface area (Å²) in [6, 6.07) is 0. The molecule has 0 aliphatic rings. The molecule has 2 heteroatoms. The van der Waals surface area contributed by atoms with Crippen molar-refractivity contribution in [2.24, 2.45) is 10.7 Å². The summed E-state index contributed by atoms with van der Waals surface area (Å²) in [4.78, 5) is 3.69. The van der Waals surface area contributed by atoms with Gasteiger partial charge in [-0.05, 0) is 13.0 Å². The lowest BCUT2D eigenvalue weighted by atomic mass is 10.5. The predicted octanol–water partition coefficient (Wildman–Crippen LogP) is 0.550. The van der Waals surface area contributed by atoms with E-state index >= 15 is 0 Å². The van der Waals surface area contributed by atoms with Crippen LogP contribution in [-0.2, 0) is 0 Å². The standard InChI is InChI=1S/C5H10N2/c1-5(6)3-4-7-2/h3-4H,6H2,1-2H3/b5-3-,7-4?. The molecule has 0 rings (SSSR count). The highest BCUT2D eigenvalue weighted by atomic mass is 14.6. The van der Waals surface area contributed by atoms with E-state index in [0.29, 0.717) is 0 Å². The molecule has 2 N–H and O–H groups in total. The van der Waals surface area contributed by atoms with Crippen LogP contribution in [0.3, 0.4) is 0 Å². The lowest BCUT2D eigenvalue weighted by molar-refractivity contribution is 1.32. The van der Waals surface area contributed by atoms with Crippen molar-refractivity contribution in [2.75, 3.05) is 7.05 Å². The summed E-state index contributed by atoms with van der Waals surface area (Å²) in [6.07, 6.45) is 3.41. The maximum absolute atomic E-state index is 5.25. The van der Waals surface area contributed by atoms with Gasteiger partial charge in [0.05, 0.1) is 0 Å². The molecule has 0 aliphatic heterocycles. The topological polar surface area (TPSA) is 38.4 Å². The number of nitrogens with two attached hydrogens (primary N) is 1. The summed E-state index contributed by atoms with van der Waals surface area (Å²) >= 11 is 0. The Morgan fingerprint density at radius 2 is 2.29 bits per heavy atom. The normalized spacial score (nSPS) is 13.1. The third-order valence-electron chi connectivity index (χ3n) is 0.486. The van der Waals surface area contributed by atoms with Gasteiger partial charge in [-0.15, -0.1) is 0 Å². The van der Waals surface area contributed by atoms with E-state index in [1.54, 1.807) is 19.3 Å². The molecule has 0 aliphatic carbocycles. The molecule has 0 atom stereocenters. The van der Waals surface area contributed by atoms with Crippen molar-refractivity contribution in [1.29, 1.82) is 0 Å². The Morgan fingerprint density at radius 1 is 1.71 bits per heavy atom. The maximum atomic E-state index is 5.25. The van der Waals surface area contributed by atoms with Gasteiger partial charge in [-0.1, -0.05) is 0 Å². The summed E-state index contributed by atoms with van der Waals surface area (Å²) in [5, 5.41) is 0. The molecule has 0 saturated heterocycles. The Kier molecular flexibility index (Phi) is 3.02. The van der Waals surface area contributed by atoms with Gasteiger partial charge in [0, 0.05) is 19.0 Å². The van der Waals surface area contributed by atoms with Gasteiger partial charge >= 0.3 is 0 Å². The molecule has 0 bridgehead atoms. The Hall–Kier alpha value is -0.790. The van der Waals surface area contributed by atoms with Crippen molar-refractivity contribution in [3.05, 3.63) is 11.8 Å². The monoisotopic (exact) mass is 98.1 g/mol. The highest BCUT2D eigenvalue weighted by molar-refractivity contribution is 5.71. The highest BCUT2D eigenvalue weighted by Crippen LogP contribution is 1.72. The lowest BCUT2D eigenvalue weighted by Crippen LogP contribution is -1.89. The minimum atomic E-state index is 0.783. The van der Waals surface area contributed by atoms with Gasteiger partial charge < -0.3 is 5.73 Å². The number of aliphatic imine (C=N–C) groups is 1. The van der Waals surface area contributed by atoms with Crippen molar-refractivity contribution < 1.29 is 0 Å². The van der Waals surface area contributed by atoms with Gasteiger partial charge in [-0.2, -0.15) is 0 Å². The summed E-state index contributed by atoms with van der Waals surface area (Å²) in [6.45, 7) is 1.82. The van der Waals surface area contributed by atoms with E-state index in [-0.39, 0.29) is 0 Å². The molecule has 0 fully saturated rings. The van der Waals surface area contributed by atoms with E-state index in [4.69, 9.17) is 5.73 Å². The molecule has 2 nitrogen and oxygen atoms in total. The fourth-order valence-corrected chi connectivity index (χ4v) is 0.192. The van der Waals surface area contributed by atoms with E-state index in [2.05, 4.69) is 4.99 Å². The molecular weight excluding hydrogens is 88.1 g/mol. The van der Waals surface area contributed by atoms with Crippen molar-refractivity contribution >= 4 is 6.21 Å². The van der Waals surface area contributed by atoms with Crippen LogP contribution >= 0.6 is 0 Å². The SMILES string of the molecule is CN=C/C=C(/C)N. The van der Waals surface area contributed by atoms with Gasteiger partial charge in [-0.3, -0.25) is 4.99 Å². The van der Waals surface area contributed by atoms with Crippen LogP contribution in [0.15, 0.2) is 16.8 Å². The van der Waals surface area contributed by atoms with Crippen LogP contribution in [-0.4, -0.2) is 13.3 Å². The van der Waals surface area contributed by atoms with Crippen LogP contribution in [0.1, 0.15) is 6.92 Å². The third kappa shape index (κ3) is 5.21. The van der Waals surface area contributed by atoms with Crippen LogP contribution in [0.2, 0.25) is 0 Å². The first-order valence-electron chi connectivity index (χ1n) is 2.12. The molecule has 7 heavy (non-hydrogen) atoms. The fraction of sp³-hybridized carbons (Fsp3) is 0.400. The molecule has 0 saturated carbocycles. The zero-order valence-corrected chi connectivity index (χ0v) is 4.68. The van der Waals surface area contributed by atoms with Crippen LogP contribution in [0.25, 0.3) is 0 Å². The summed E-state index contributed by atoms with van der Waals surface area (Å²) < 4.78 is 0. The van der Waals surface area contributed by atoms with Gasteiger partial charge in [0.15, 0.2) is 0 Å². The van der Waals surface area contributed by atoms with Crippen molar-refractivity contribution in [3.63, 3.8) is 0 Å². The number of nitrogens with zero attached hydrogens (tertiary/aromatic N) is 1. The van der Waals surface area contributed by atoms with E-state index in [0.717, 1.165) is 5.70 Å². The Balaban J connectivity index is 3.46. The average Bonchev–Trinajstić information content (AvgIpc) is 1.61. The van der Waals surface area contributed by atoms with Crippen LogP contribution in [0.4, 0.5) is 0 Å². The largest absolute Gasteiger partial charge is 0.402 e. The smallest absolute Gasteiger partial charge is 0.0277 e. The average molecular weight is 98.1 g/mol. The summed E-state index contributed by atoms with van der Waals surface area (Å²) in [5.74, 6) is 0. The second kappa shape index (κ2) is 3.40. The molecule has 0 radical (unpaired) electrons. The van der Waals surface area contributed by atoms with E-state index < -0.39 is 0 Å². The minimum Gasteiger partial charge on any atom is -0.402 e. The molecule has 0 unspecified atom stereocenters. The second-order valence-corrected chi connectivity index (χ2v) is 1.32. The van der Waals surface area contributed by atoms with E-state index in [1.165, 1.54) is 0 Å². The Bertz CT molecular complexity index is 88.3. The Labute approximate surface area is 43.7 Å². The molecule has 0 amide bonds. The molecule has 0 heterocycles. The molecule has 0 aromatic heterocycles. The molecule has 0 aromatic carbocycles. The van der Waals surface area contributed by atoms with Gasteiger partial charge in [0.25, 0.3) is 0 Å². The molecular formula is C5H10N2. The molecule has 40 valence electrons. The van der Waals surface area contributed by atoms with Gasteiger partial charge in [0.1, 0.15) is 0 Å². The second-order valence-electron chi connectivity index (χ2n) is 1.32. The molecule has 0 spiro atoms. The molecule has 0 aromatic rings. The zero-order chi connectivity index (χ0) is 5.70. The fourth-order valence-electron chi connectivity index (χ4n) is 0.192. The van der Waals surface area contributed by atoms with Crippen molar-refractivity contribution in [3.8, 4) is 0 Å². The lowest BCUT2D eigenvalue weighted by Gasteiger charge is -1.79. The van der Waals surface area contributed by atoms with Crippen molar-refractivity contribution in [2.45, 2.75) is 6.92 Å². The summed E-state index contributed by atoms with van der Waals surface area (Å²) in [7, 11) is 1.71. The minimum absolute atomic E-state index is 0.783. The first kappa shape index (κ1) is 6.21. The first-order chi connectivity index (χ1) is 3.27. The summed E-state index contributed by atoms with van der Waals surface area (Å²) in [5.41, 5.74) is 6.03. The third-order valence-corrected chi connectivity index (χ3v) is 0.486. The highest BCUT2D eigenvalue weighted by Gasteiger charge is 1.66. The van der Waals surface area contributed by atoms with E-state index in [9.17, 15) is 0 Å². The zero-order valence-electron chi connectivity index (χ0n) is 4.68. The van der Waals surface area contributed by atoms with Gasteiger partial charge in [-0.25, -0.2) is 0 Å². The number of rotatable bonds is 1. The van der Waals surface area contributed by atoms with Gasteiger partial charge in [0.2, 0.25) is 0 Å². The number of hydrogen-bond acceptors (Lipinski definition) is 2. The quantitative estimate of drug-likeness (QED) is 0.478. The maximum Gasteiger partial charge on any atom is 0.0277 e. The van der Waals surface area contributed by atoms with E-state index in [1.807, 2.05) is 6.92 Å². The number of hydrogen-bond donors (Lipinski definition) is 1. The first-order valence-corrected chi connectivity index (χ1v) is 2.12. The Morgan fingerprint density at radius 3 is 2.43 bits per heavy atom.